The lowest BCUT2D eigenvalue weighted by Crippen LogP contribution is -2.00. The summed E-state index contributed by atoms with van der Waals surface area (Å²) in [7, 11) is 3.06. The van der Waals surface area contributed by atoms with E-state index in [0.717, 1.165) is 17.1 Å². The van der Waals surface area contributed by atoms with Crippen molar-refractivity contribution in [2.24, 2.45) is 0 Å². The second-order valence-corrected chi connectivity index (χ2v) is 5.56. The molecule has 2 aromatic rings. The van der Waals surface area contributed by atoms with Crippen LogP contribution in [-0.2, 0) is 11.2 Å². The number of benzene rings is 2. The van der Waals surface area contributed by atoms with E-state index < -0.39 is 0 Å². The quantitative estimate of drug-likeness (QED) is 0.776. The molecule has 0 aliphatic carbocycles. The summed E-state index contributed by atoms with van der Waals surface area (Å²) in [6, 6.07) is 13.5. The van der Waals surface area contributed by atoms with Crippen molar-refractivity contribution in [1.29, 1.82) is 0 Å². The second-order valence-electron chi connectivity index (χ2n) is 4.45. The number of methoxy groups -OCH3 is 2. The van der Waals surface area contributed by atoms with Crippen LogP contribution in [0.15, 0.2) is 52.3 Å². The third-order valence-corrected chi connectivity index (χ3v) is 4.28. The maximum atomic E-state index is 11.4. The van der Waals surface area contributed by atoms with Gasteiger partial charge in [-0.05, 0) is 54.4 Å². The first-order chi connectivity index (χ1) is 10.2. The van der Waals surface area contributed by atoms with E-state index in [1.54, 1.807) is 31.0 Å². The van der Waals surface area contributed by atoms with Crippen molar-refractivity contribution < 1.29 is 14.3 Å². The fourth-order valence-corrected chi connectivity index (χ4v) is 2.96. The van der Waals surface area contributed by atoms with Gasteiger partial charge in [0.05, 0.1) is 19.8 Å². The summed E-state index contributed by atoms with van der Waals surface area (Å²) in [6.07, 6.45) is 0.944. The highest BCUT2D eigenvalue weighted by Crippen LogP contribution is 2.33. The predicted molar refractivity (Wildman–Crippen MR) is 84.3 cm³/mol. The van der Waals surface area contributed by atoms with Gasteiger partial charge in [0.1, 0.15) is 5.75 Å². The average Bonchev–Trinajstić information content (AvgIpc) is 2.55. The molecular formula is C17H18O3S. The summed E-state index contributed by atoms with van der Waals surface area (Å²) < 4.78 is 9.95. The summed E-state index contributed by atoms with van der Waals surface area (Å²) in [5.41, 5.74) is 1.81. The highest BCUT2D eigenvalue weighted by atomic mass is 32.2. The Bertz CT molecular complexity index is 620. The standard InChI is InChI=1S/C17H18O3S/c1-4-12-11-14(19-2)7-10-16(12)21-15-8-5-13(6-9-15)17(18)20-3/h5-11H,4H2,1-3H3. The molecule has 0 radical (unpaired) electrons. The first-order valence-corrected chi connectivity index (χ1v) is 7.52. The maximum Gasteiger partial charge on any atom is 0.337 e. The number of carbonyl (C=O) groups excluding carboxylic acids is 1. The van der Waals surface area contributed by atoms with E-state index in [9.17, 15) is 4.79 Å². The molecule has 0 heterocycles. The van der Waals surface area contributed by atoms with Gasteiger partial charge in [-0.1, -0.05) is 18.7 Å². The molecule has 2 aromatic carbocycles. The number of esters is 1. The van der Waals surface area contributed by atoms with E-state index in [1.807, 2.05) is 18.2 Å². The highest BCUT2D eigenvalue weighted by Gasteiger charge is 2.07. The molecule has 0 unspecified atom stereocenters. The third-order valence-electron chi connectivity index (χ3n) is 3.15. The lowest BCUT2D eigenvalue weighted by atomic mass is 10.1. The maximum absolute atomic E-state index is 11.4. The smallest absolute Gasteiger partial charge is 0.337 e. The molecular weight excluding hydrogens is 284 g/mol. The molecule has 2 rings (SSSR count). The Morgan fingerprint density at radius 1 is 1.10 bits per heavy atom. The number of ether oxygens (including phenoxy) is 2. The van der Waals surface area contributed by atoms with Gasteiger partial charge in [-0.2, -0.15) is 0 Å². The molecule has 4 heteroatoms. The molecule has 0 aromatic heterocycles. The van der Waals surface area contributed by atoms with Gasteiger partial charge >= 0.3 is 5.97 Å². The zero-order valence-corrected chi connectivity index (χ0v) is 13.2. The summed E-state index contributed by atoms with van der Waals surface area (Å²) in [6.45, 7) is 2.12. The Kier molecular flexibility index (Phi) is 5.28. The van der Waals surface area contributed by atoms with Gasteiger partial charge in [-0.3, -0.25) is 0 Å². The zero-order chi connectivity index (χ0) is 15.2. The van der Waals surface area contributed by atoms with E-state index in [1.165, 1.54) is 17.6 Å². The number of carbonyl (C=O) groups is 1. The molecule has 0 aliphatic heterocycles. The van der Waals surface area contributed by atoms with Gasteiger partial charge in [0.25, 0.3) is 0 Å². The molecule has 0 saturated heterocycles. The Morgan fingerprint density at radius 3 is 2.38 bits per heavy atom. The topological polar surface area (TPSA) is 35.5 Å². The van der Waals surface area contributed by atoms with Gasteiger partial charge < -0.3 is 9.47 Å². The molecule has 0 bridgehead atoms. The van der Waals surface area contributed by atoms with Crippen LogP contribution in [-0.4, -0.2) is 20.2 Å². The number of rotatable bonds is 5. The highest BCUT2D eigenvalue weighted by molar-refractivity contribution is 7.99. The third kappa shape index (κ3) is 3.79. The van der Waals surface area contributed by atoms with Crippen molar-refractivity contribution in [2.75, 3.05) is 14.2 Å². The van der Waals surface area contributed by atoms with Gasteiger partial charge in [-0.25, -0.2) is 4.79 Å². The van der Waals surface area contributed by atoms with Crippen molar-refractivity contribution >= 4 is 17.7 Å². The number of hydrogen-bond acceptors (Lipinski definition) is 4. The Balaban J connectivity index is 2.20. The SMILES string of the molecule is CCc1cc(OC)ccc1Sc1ccc(C(=O)OC)cc1. The minimum atomic E-state index is -0.315. The van der Waals surface area contributed by atoms with Crippen LogP contribution in [0.5, 0.6) is 5.75 Å². The van der Waals surface area contributed by atoms with Gasteiger partial charge in [0.2, 0.25) is 0 Å². The molecule has 0 N–H and O–H groups in total. The number of aryl methyl sites for hydroxylation is 1. The van der Waals surface area contributed by atoms with Crippen LogP contribution in [0.2, 0.25) is 0 Å². The van der Waals surface area contributed by atoms with Crippen molar-refractivity contribution in [1.82, 2.24) is 0 Å². The van der Waals surface area contributed by atoms with Crippen molar-refractivity contribution in [2.45, 2.75) is 23.1 Å². The zero-order valence-electron chi connectivity index (χ0n) is 12.4. The summed E-state index contributed by atoms with van der Waals surface area (Å²) >= 11 is 1.68. The average molecular weight is 302 g/mol. The normalized spacial score (nSPS) is 10.2. The monoisotopic (exact) mass is 302 g/mol. The first-order valence-electron chi connectivity index (χ1n) is 6.71. The molecule has 0 fully saturated rings. The molecule has 0 amide bonds. The molecule has 0 spiro atoms. The Hall–Kier alpha value is -1.94. The van der Waals surface area contributed by atoms with Crippen LogP contribution < -0.4 is 4.74 Å². The van der Waals surface area contributed by atoms with E-state index in [4.69, 9.17) is 9.47 Å². The van der Waals surface area contributed by atoms with Crippen LogP contribution in [0.25, 0.3) is 0 Å². The van der Waals surface area contributed by atoms with Crippen LogP contribution in [0.1, 0.15) is 22.8 Å². The second kappa shape index (κ2) is 7.18. The molecule has 0 aliphatic rings. The van der Waals surface area contributed by atoms with E-state index in [2.05, 4.69) is 19.1 Å². The predicted octanol–water partition coefficient (Wildman–Crippen LogP) is 4.20. The summed E-state index contributed by atoms with van der Waals surface area (Å²) in [4.78, 5) is 13.7. The van der Waals surface area contributed by atoms with Crippen molar-refractivity contribution in [3.05, 3.63) is 53.6 Å². The minimum absolute atomic E-state index is 0.315. The molecule has 110 valence electrons. The number of hydrogen-bond donors (Lipinski definition) is 0. The van der Waals surface area contributed by atoms with Crippen LogP contribution in [0.3, 0.4) is 0 Å². The van der Waals surface area contributed by atoms with Crippen LogP contribution >= 0.6 is 11.8 Å². The largest absolute Gasteiger partial charge is 0.497 e. The Labute approximate surface area is 129 Å². The van der Waals surface area contributed by atoms with E-state index >= 15 is 0 Å². The van der Waals surface area contributed by atoms with Gasteiger partial charge in [-0.15, -0.1) is 0 Å². The molecule has 3 nitrogen and oxygen atoms in total. The lowest BCUT2D eigenvalue weighted by molar-refractivity contribution is 0.0600. The van der Waals surface area contributed by atoms with Crippen LogP contribution in [0.4, 0.5) is 0 Å². The molecule has 0 atom stereocenters. The molecule has 21 heavy (non-hydrogen) atoms. The fraction of sp³-hybridized carbons (Fsp3) is 0.235. The van der Waals surface area contributed by atoms with Gasteiger partial charge in [0.15, 0.2) is 0 Å². The van der Waals surface area contributed by atoms with Crippen LogP contribution in [0, 0.1) is 0 Å². The lowest BCUT2D eigenvalue weighted by Gasteiger charge is -2.10. The van der Waals surface area contributed by atoms with E-state index in [0.29, 0.717) is 5.56 Å². The van der Waals surface area contributed by atoms with E-state index in [-0.39, 0.29) is 5.97 Å². The molecule has 0 saturated carbocycles. The van der Waals surface area contributed by atoms with Crippen molar-refractivity contribution in [3.8, 4) is 5.75 Å². The summed E-state index contributed by atoms with van der Waals surface area (Å²) in [5.74, 6) is 0.558. The summed E-state index contributed by atoms with van der Waals surface area (Å²) in [5, 5.41) is 0. The minimum Gasteiger partial charge on any atom is -0.497 e. The van der Waals surface area contributed by atoms with Gasteiger partial charge in [0, 0.05) is 9.79 Å². The first kappa shape index (κ1) is 15.4. The Morgan fingerprint density at radius 2 is 1.81 bits per heavy atom. The fourth-order valence-electron chi connectivity index (χ4n) is 1.96. The van der Waals surface area contributed by atoms with Crippen molar-refractivity contribution in [3.63, 3.8) is 0 Å².